The van der Waals surface area contributed by atoms with E-state index in [0.29, 0.717) is 5.57 Å². The first-order valence-electron chi connectivity index (χ1n) is 2.56. The average Bonchev–Trinajstić information content (AvgIpc) is 1.89. The van der Waals surface area contributed by atoms with Gasteiger partial charge in [0.2, 0.25) is 0 Å². The summed E-state index contributed by atoms with van der Waals surface area (Å²) in [5.41, 5.74) is 10.4. The van der Waals surface area contributed by atoms with Crippen LogP contribution in [0.3, 0.4) is 0 Å². The van der Waals surface area contributed by atoms with Crippen molar-refractivity contribution in [3.8, 4) is 0 Å². The van der Waals surface area contributed by atoms with Crippen molar-refractivity contribution in [2.75, 3.05) is 0 Å². The second-order valence-corrected chi connectivity index (χ2v) is 2.46. The van der Waals surface area contributed by atoms with Crippen LogP contribution >= 0.6 is 0 Å². The third-order valence-electron chi connectivity index (χ3n) is 0.818. The summed E-state index contributed by atoms with van der Waals surface area (Å²) in [6, 6.07) is 0. The van der Waals surface area contributed by atoms with Crippen molar-refractivity contribution in [1.29, 1.82) is 0 Å². The van der Waals surface area contributed by atoms with Crippen molar-refractivity contribution in [2.45, 2.75) is 0 Å². The van der Waals surface area contributed by atoms with E-state index < -0.39 is 5.91 Å². The minimum absolute atomic E-state index is 0.331. The fourth-order valence-electron chi connectivity index (χ4n) is 0.363. The molecule has 0 bridgehead atoms. The predicted molar refractivity (Wildman–Crippen MR) is 36.7 cm³/mol. The van der Waals surface area contributed by atoms with E-state index in [2.05, 4.69) is 0 Å². The summed E-state index contributed by atoms with van der Waals surface area (Å²) in [6.07, 6.45) is 4.51. The van der Waals surface area contributed by atoms with Crippen LogP contribution < -0.4 is 11.5 Å². The Bertz CT molecular complexity index is 196. The van der Waals surface area contributed by atoms with Gasteiger partial charge in [-0.25, -0.2) is 0 Å². The van der Waals surface area contributed by atoms with E-state index in [1.54, 1.807) is 12.2 Å². The van der Waals surface area contributed by atoms with Crippen LogP contribution in [0.2, 0.25) is 0 Å². The van der Waals surface area contributed by atoms with Crippen LogP contribution in [0.5, 0.6) is 0 Å². The zero-order valence-corrected chi connectivity index (χ0v) is 8.21. The molecule has 0 aromatic rings. The molecule has 0 aliphatic rings. The summed E-state index contributed by atoms with van der Waals surface area (Å²) in [6.45, 7) is 0. The summed E-state index contributed by atoms with van der Waals surface area (Å²) < 4.78 is 1.87. The van der Waals surface area contributed by atoms with E-state index in [9.17, 15) is 4.79 Å². The Morgan fingerprint density at radius 1 is 1.50 bits per heavy atom. The number of hydrogen-bond donors (Lipinski definition) is 2. The summed E-state index contributed by atoms with van der Waals surface area (Å²) in [5.74, 6) is -0.504. The molecule has 0 radical (unpaired) electrons. The predicted octanol–water partition coefficient (Wildman–Crippen LogP) is -0.780. The first-order valence-corrected chi connectivity index (χ1v) is 4.25. The maximum absolute atomic E-state index is 10.5. The molecule has 0 aromatic heterocycles. The number of primary amides is 1. The Hall–Kier alpha value is -0.692. The number of carbonyl (C=O) groups excluding carboxylic acids is 1. The molecule has 0 atom stereocenters. The Morgan fingerprint density at radius 2 is 2.10 bits per heavy atom. The van der Waals surface area contributed by atoms with Gasteiger partial charge < -0.3 is 0 Å². The number of amides is 1. The molecule has 0 saturated heterocycles. The second kappa shape index (κ2) is 5.12. The van der Waals surface area contributed by atoms with Crippen molar-refractivity contribution < 1.29 is 24.1 Å². The van der Waals surface area contributed by atoms with Crippen molar-refractivity contribution in [2.24, 2.45) is 11.5 Å². The molecule has 0 aliphatic carbocycles. The van der Waals surface area contributed by atoms with E-state index in [1.807, 2.05) is 4.40 Å². The first-order chi connectivity index (χ1) is 4.72. The molecule has 3 nitrogen and oxygen atoms in total. The zero-order chi connectivity index (χ0) is 7.98. The molecule has 10 heavy (non-hydrogen) atoms. The van der Waals surface area contributed by atoms with Gasteiger partial charge in [0.15, 0.2) is 0 Å². The maximum atomic E-state index is 10.5. The van der Waals surface area contributed by atoms with Crippen LogP contribution in [0.15, 0.2) is 23.9 Å². The molecular formula is C6H8N2OW. The van der Waals surface area contributed by atoms with Gasteiger partial charge in [-0.2, -0.15) is 0 Å². The van der Waals surface area contributed by atoms with Crippen molar-refractivity contribution in [3.05, 3.63) is 23.9 Å². The van der Waals surface area contributed by atoms with Gasteiger partial charge in [0, 0.05) is 0 Å². The Kier molecular flexibility index (Phi) is 4.77. The number of hydrogen-bond acceptors (Lipinski definition) is 2. The van der Waals surface area contributed by atoms with Gasteiger partial charge in [0.1, 0.15) is 0 Å². The van der Waals surface area contributed by atoms with E-state index in [1.165, 1.54) is 25.6 Å². The molecule has 54 valence electrons. The number of nitrogens with two attached hydrogens (primary N) is 2. The van der Waals surface area contributed by atoms with Crippen LogP contribution in [-0.2, 0) is 24.1 Å². The van der Waals surface area contributed by atoms with Gasteiger partial charge in [0.05, 0.1) is 0 Å². The molecule has 0 aromatic carbocycles. The average molecular weight is 308 g/mol. The molecule has 0 aliphatic heterocycles. The first kappa shape index (κ1) is 9.31. The molecule has 0 unspecified atom stereocenters. The minimum atomic E-state index is -0.504. The fraction of sp³-hybridized carbons (Fsp3) is 0. The summed E-state index contributed by atoms with van der Waals surface area (Å²) in [7, 11) is 0. The van der Waals surface area contributed by atoms with Crippen LogP contribution in [0.4, 0.5) is 0 Å². The molecule has 0 saturated carbocycles. The number of rotatable bonds is 3. The Balaban J connectivity index is 4.25. The Morgan fingerprint density at radius 3 is 2.40 bits per heavy atom. The third kappa shape index (κ3) is 3.36. The van der Waals surface area contributed by atoms with E-state index in [0.717, 1.165) is 0 Å². The van der Waals surface area contributed by atoms with E-state index in [-0.39, 0.29) is 0 Å². The third-order valence-corrected chi connectivity index (χ3v) is 1.38. The molecule has 0 spiro atoms. The van der Waals surface area contributed by atoms with Gasteiger partial charge in [-0.05, 0) is 0 Å². The standard InChI is InChI=1S/C6H8N2O.W/c1-2-3-5(4-7)6(8)9;/h1-4H,7H2,(H2,8,9);/b3-2-,5-4?;. The summed E-state index contributed by atoms with van der Waals surface area (Å²) in [5, 5.41) is 0. The van der Waals surface area contributed by atoms with Crippen LogP contribution in [0, 0.1) is 0 Å². The number of carbonyl (C=O) groups is 1. The number of allylic oxidation sites excluding steroid dienone is 1. The van der Waals surface area contributed by atoms with Crippen LogP contribution in [0.1, 0.15) is 0 Å². The molecule has 0 fully saturated rings. The quantitative estimate of drug-likeness (QED) is 0.530. The zero-order valence-electron chi connectivity index (χ0n) is 5.28. The van der Waals surface area contributed by atoms with Gasteiger partial charge in [-0.1, -0.05) is 0 Å². The molecule has 4 N–H and O–H groups in total. The van der Waals surface area contributed by atoms with Gasteiger partial charge in [-0.3, -0.25) is 0 Å². The van der Waals surface area contributed by atoms with Gasteiger partial charge in [-0.15, -0.1) is 0 Å². The van der Waals surface area contributed by atoms with Crippen LogP contribution in [-0.4, -0.2) is 10.3 Å². The van der Waals surface area contributed by atoms with E-state index >= 15 is 0 Å². The monoisotopic (exact) mass is 308 g/mol. The molecule has 1 amide bonds. The topological polar surface area (TPSA) is 69.1 Å². The summed E-state index contributed by atoms with van der Waals surface area (Å²) in [4.78, 5) is 10.5. The summed E-state index contributed by atoms with van der Waals surface area (Å²) >= 11 is 1.31. The Labute approximate surface area is 70.2 Å². The van der Waals surface area contributed by atoms with Crippen molar-refractivity contribution in [3.63, 3.8) is 0 Å². The van der Waals surface area contributed by atoms with Gasteiger partial charge >= 0.3 is 69.8 Å². The molecule has 0 heterocycles. The van der Waals surface area contributed by atoms with Crippen molar-refractivity contribution in [1.82, 2.24) is 0 Å². The molecular weight excluding hydrogens is 300 g/mol. The SMILES string of the molecule is NC=C(/C=C\[CH]=[W])C(N)=O. The van der Waals surface area contributed by atoms with E-state index in [4.69, 9.17) is 11.5 Å². The van der Waals surface area contributed by atoms with Gasteiger partial charge in [0.25, 0.3) is 0 Å². The van der Waals surface area contributed by atoms with Crippen molar-refractivity contribution >= 4 is 10.3 Å². The second-order valence-electron chi connectivity index (χ2n) is 1.48. The normalized spacial score (nSPS) is 11.8. The molecule has 4 heteroatoms. The van der Waals surface area contributed by atoms with Crippen LogP contribution in [0.25, 0.3) is 0 Å². The molecule has 0 rings (SSSR count). The fourth-order valence-corrected chi connectivity index (χ4v) is 0.645.